The van der Waals surface area contributed by atoms with Crippen molar-refractivity contribution in [3.63, 3.8) is 0 Å². The van der Waals surface area contributed by atoms with Crippen molar-refractivity contribution in [2.75, 3.05) is 6.61 Å². The van der Waals surface area contributed by atoms with Crippen LogP contribution in [0, 0.1) is 0 Å². The Kier molecular flexibility index (Phi) is 2.71. The fraction of sp³-hybridized carbons (Fsp3) is 0.167. The van der Waals surface area contributed by atoms with E-state index in [1.54, 1.807) is 17.6 Å². The third kappa shape index (κ3) is 1.95. The summed E-state index contributed by atoms with van der Waals surface area (Å²) in [6, 6.07) is 5.61. The van der Waals surface area contributed by atoms with Crippen LogP contribution in [0.4, 0.5) is 0 Å². The average Bonchev–Trinajstić information content (AvgIpc) is 3.05. The van der Waals surface area contributed by atoms with Crippen molar-refractivity contribution in [1.29, 1.82) is 0 Å². The maximum absolute atomic E-state index is 11.5. The van der Waals surface area contributed by atoms with E-state index in [1.165, 1.54) is 0 Å². The van der Waals surface area contributed by atoms with Gasteiger partial charge in [0.15, 0.2) is 0 Å². The van der Waals surface area contributed by atoms with Crippen LogP contribution in [0.5, 0.6) is 0 Å². The molecular formula is C12H10N4O3. The maximum Gasteiger partial charge on any atom is 0.379 e. The lowest BCUT2D eigenvalue weighted by atomic mass is 10.2. The molecule has 3 aromatic heterocycles. The molecule has 96 valence electrons. The zero-order chi connectivity index (χ0) is 13.2. The maximum atomic E-state index is 11.5. The molecule has 0 fully saturated rings. The molecule has 0 aliphatic carbocycles. The Morgan fingerprint density at radius 3 is 3.21 bits per heavy atom. The molecule has 0 saturated carbocycles. The zero-order valence-electron chi connectivity index (χ0n) is 10.1. The van der Waals surface area contributed by atoms with E-state index in [0.29, 0.717) is 5.56 Å². The standard InChI is InChI=1S/C12H10N4O3/c1-2-18-12(17)10-14-11(19-15-10)8-7-13-16-6-4-3-5-9(8)16/h3-7H,2H2,1H3. The van der Waals surface area contributed by atoms with E-state index in [9.17, 15) is 4.79 Å². The number of nitrogens with zero attached hydrogens (tertiary/aromatic N) is 4. The molecule has 0 aliphatic rings. The number of esters is 1. The second-order valence-electron chi connectivity index (χ2n) is 3.73. The molecule has 0 N–H and O–H groups in total. The van der Waals surface area contributed by atoms with Crippen molar-refractivity contribution in [3.05, 3.63) is 36.4 Å². The zero-order valence-corrected chi connectivity index (χ0v) is 10.1. The number of aromatic nitrogens is 4. The lowest BCUT2D eigenvalue weighted by Crippen LogP contribution is -2.06. The number of hydrogen-bond donors (Lipinski definition) is 0. The van der Waals surface area contributed by atoms with Gasteiger partial charge in [0.25, 0.3) is 11.7 Å². The van der Waals surface area contributed by atoms with Crippen molar-refractivity contribution < 1.29 is 14.1 Å². The average molecular weight is 258 g/mol. The number of pyridine rings is 1. The largest absolute Gasteiger partial charge is 0.460 e. The summed E-state index contributed by atoms with van der Waals surface area (Å²) < 4.78 is 11.6. The molecule has 7 nitrogen and oxygen atoms in total. The third-order valence-corrected chi connectivity index (χ3v) is 2.54. The SMILES string of the molecule is CCOC(=O)c1noc(-c2cnn3ccccc23)n1. The van der Waals surface area contributed by atoms with E-state index >= 15 is 0 Å². The van der Waals surface area contributed by atoms with E-state index in [1.807, 2.05) is 24.4 Å². The highest BCUT2D eigenvalue weighted by atomic mass is 16.5. The minimum absolute atomic E-state index is 0.0906. The van der Waals surface area contributed by atoms with Crippen LogP contribution in [-0.2, 0) is 4.74 Å². The Morgan fingerprint density at radius 2 is 2.37 bits per heavy atom. The van der Waals surface area contributed by atoms with Crippen LogP contribution in [-0.4, -0.2) is 32.3 Å². The lowest BCUT2D eigenvalue weighted by molar-refractivity contribution is 0.0508. The van der Waals surface area contributed by atoms with Crippen LogP contribution in [0.15, 0.2) is 35.1 Å². The van der Waals surface area contributed by atoms with E-state index < -0.39 is 5.97 Å². The molecule has 0 amide bonds. The number of ether oxygens (including phenoxy) is 1. The van der Waals surface area contributed by atoms with Crippen molar-refractivity contribution in [2.45, 2.75) is 6.92 Å². The van der Waals surface area contributed by atoms with E-state index in [0.717, 1.165) is 5.52 Å². The minimum Gasteiger partial charge on any atom is -0.460 e. The summed E-state index contributed by atoms with van der Waals surface area (Å²) in [6.07, 6.45) is 3.42. The summed E-state index contributed by atoms with van der Waals surface area (Å²) in [5, 5.41) is 7.76. The van der Waals surface area contributed by atoms with Gasteiger partial charge in [0.1, 0.15) is 0 Å². The second kappa shape index (κ2) is 4.52. The highest BCUT2D eigenvalue weighted by Crippen LogP contribution is 2.22. The van der Waals surface area contributed by atoms with Gasteiger partial charge in [-0.2, -0.15) is 10.1 Å². The second-order valence-corrected chi connectivity index (χ2v) is 3.73. The molecule has 3 rings (SSSR count). The Hall–Kier alpha value is -2.70. The molecule has 0 saturated heterocycles. The number of carbonyl (C=O) groups is 1. The van der Waals surface area contributed by atoms with E-state index in [4.69, 9.17) is 9.26 Å². The van der Waals surface area contributed by atoms with Crippen molar-refractivity contribution in [1.82, 2.24) is 19.8 Å². The Balaban J connectivity index is 2.01. The molecule has 0 radical (unpaired) electrons. The topological polar surface area (TPSA) is 82.5 Å². The predicted molar refractivity (Wildman–Crippen MR) is 64.4 cm³/mol. The normalized spacial score (nSPS) is 10.8. The predicted octanol–water partition coefficient (Wildman–Crippen LogP) is 1.56. The Labute approximate surface area is 107 Å². The van der Waals surface area contributed by atoms with Gasteiger partial charge in [-0.1, -0.05) is 6.07 Å². The minimum atomic E-state index is -0.603. The molecule has 19 heavy (non-hydrogen) atoms. The Morgan fingerprint density at radius 1 is 1.47 bits per heavy atom. The molecule has 3 heterocycles. The first-order valence-corrected chi connectivity index (χ1v) is 5.73. The van der Waals surface area contributed by atoms with Crippen LogP contribution in [0.25, 0.3) is 17.0 Å². The molecule has 0 aliphatic heterocycles. The van der Waals surface area contributed by atoms with Crippen LogP contribution < -0.4 is 0 Å². The summed E-state index contributed by atoms with van der Waals surface area (Å²) in [6.45, 7) is 1.98. The van der Waals surface area contributed by atoms with E-state index in [2.05, 4.69) is 15.2 Å². The van der Waals surface area contributed by atoms with Crippen LogP contribution >= 0.6 is 0 Å². The fourth-order valence-corrected chi connectivity index (χ4v) is 1.71. The molecule has 7 heteroatoms. The van der Waals surface area contributed by atoms with E-state index in [-0.39, 0.29) is 18.3 Å². The summed E-state index contributed by atoms with van der Waals surface area (Å²) in [5.41, 5.74) is 1.49. The lowest BCUT2D eigenvalue weighted by Gasteiger charge is -1.93. The summed E-state index contributed by atoms with van der Waals surface area (Å²) in [5.74, 6) is -0.453. The number of hydrogen-bond acceptors (Lipinski definition) is 6. The quantitative estimate of drug-likeness (QED) is 0.663. The monoisotopic (exact) mass is 258 g/mol. The molecule has 0 spiro atoms. The third-order valence-electron chi connectivity index (χ3n) is 2.54. The van der Waals surface area contributed by atoms with Crippen molar-refractivity contribution in [2.24, 2.45) is 0 Å². The number of rotatable bonds is 3. The first kappa shape index (κ1) is 11.4. The van der Waals surface area contributed by atoms with Crippen LogP contribution in [0.2, 0.25) is 0 Å². The van der Waals surface area contributed by atoms with Crippen LogP contribution in [0.3, 0.4) is 0 Å². The van der Waals surface area contributed by atoms with Gasteiger partial charge in [0.2, 0.25) is 0 Å². The molecule has 0 atom stereocenters. The fourth-order valence-electron chi connectivity index (χ4n) is 1.71. The van der Waals surface area contributed by atoms with Crippen LogP contribution in [0.1, 0.15) is 17.5 Å². The van der Waals surface area contributed by atoms with Gasteiger partial charge in [-0.05, 0) is 24.2 Å². The highest BCUT2D eigenvalue weighted by molar-refractivity contribution is 5.86. The van der Waals surface area contributed by atoms with Gasteiger partial charge >= 0.3 is 5.97 Å². The Bertz CT molecular complexity index is 731. The molecular weight excluding hydrogens is 248 g/mol. The van der Waals surface area contributed by atoms with Gasteiger partial charge in [0, 0.05) is 6.20 Å². The first-order valence-electron chi connectivity index (χ1n) is 5.73. The number of carbonyl (C=O) groups excluding carboxylic acids is 1. The van der Waals surface area contributed by atoms with Crippen molar-refractivity contribution >= 4 is 11.5 Å². The first-order chi connectivity index (χ1) is 9.29. The van der Waals surface area contributed by atoms with Gasteiger partial charge in [-0.25, -0.2) is 9.31 Å². The molecule has 0 unspecified atom stereocenters. The van der Waals surface area contributed by atoms with Gasteiger partial charge in [0.05, 0.1) is 23.9 Å². The number of fused-ring (bicyclic) bond motifs is 1. The summed E-state index contributed by atoms with van der Waals surface area (Å²) >= 11 is 0. The molecule has 0 bridgehead atoms. The van der Waals surface area contributed by atoms with Gasteiger partial charge < -0.3 is 9.26 Å². The van der Waals surface area contributed by atoms with Gasteiger partial charge in [-0.15, -0.1) is 0 Å². The summed E-state index contributed by atoms with van der Waals surface area (Å²) in [4.78, 5) is 15.5. The molecule has 3 aromatic rings. The summed E-state index contributed by atoms with van der Waals surface area (Å²) in [7, 11) is 0. The smallest absolute Gasteiger partial charge is 0.379 e. The molecule has 0 aromatic carbocycles. The highest BCUT2D eigenvalue weighted by Gasteiger charge is 2.18. The van der Waals surface area contributed by atoms with Crippen molar-refractivity contribution in [3.8, 4) is 11.5 Å². The van der Waals surface area contributed by atoms with Gasteiger partial charge in [-0.3, -0.25) is 0 Å².